The first-order chi connectivity index (χ1) is 15.2. The molecule has 4 aromatic rings. The number of hydrogen-bond acceptors (Lipinski definition) is 6. The number of nitriles is 1. The van der Waals surface area contributed by atoms with Gasteiger partial charge in [-0.05, 0) is 53.4 Å². The van der Waals surface area contributed by atoms with Crippen molar-refractivity contribution in [1.29, 1.82) is 5.26 Å². The molecule has 1 heterocycles. The van der Waals surface area contributed by atoms with E-state index in [1.807, 2.05) is 60.7 Å². The minimum atomic E-state index is 0.388. The molecule has 0 saturated carbocycles. The summed E-state index contributed by atoms with van der Waals surface area (Å²) < 4.78 is 16.2. The van der Waals surface area contributed by atoms with E-state index >= 15 is 0 Å². The van der Waals surface area contributed by atoms with Gasteiger partial charge in [-0.1, -0.05) is 30.3 Å². The van der Waals surface area contributed by atoms with Crippen LogP contribution in [-0.4, -0.2) is 24.2 Å². The summed E-state index contributed by atoms with van der Waals surface area (Å²) in [7, 11) is 3.18. The van der Waals surface area contributed by atoms with Crippen LogP contribution in [0.15, 0.2) is 66.9 Å². The fourth-order valence-electron chi connectivity index (χ4n) is 3.29. The summed E-state index contributed by atoms with van der Waals surface area (Å²) >= 11 is 0. The molecule has 0 radical (unpaired) electrons. The van der Waals surface area contributed by atoms with Crippen molar-refractivity contribution in [2.75, 3.05) is 14.2 Å². The van der Waals surface area contributed by atoms with Crippen molar-refractivity contribution in [1.82, 2.24) is 9.97 Å². The number of methoxy groups -OCH3 is 2. The second-order valence-corrected chi connectivity index (χ2v) is 6.95. The molecule has 31 heavy (non-hydrogen) atoms. The summed E-state index contributed by atoms with van der Waals surface area (Å²) in [5.74, 6) is 2.00. The first-order valence-corrected chi connectivity index (χ1v) is 9.77. The molecule has 0 fully saturated rings. The van der Waals surface area contributed by atoms with Gasteiger partial charge in [0, 0.05) is 0 Å². The Morgan fingerprint density at radius 3 is 2.23 bits per heavy atom. The average molecular weight is 411 g/mol. The molecule has 154 valence electrons. The molecule has 0 bridgehead atoms. The van der Waals surface area contributed by atoms with Gasteiger partial charge < -0.3 is 14.2 Å². The van der Waals surface area contributed by atoms with Crippen LogP contribution in [0.1, 0.15) is 22.3 Å². The third-order valence-electron chi connectivity index (χ3n) is 4.98. The smallest absolute Gasteiger partial charge is 0.232 e. The van der Waals surface area contributed by atoms with Gasteiger partial charge in [-0.25, -0.2) is 9.97 Å². The number of nitrogens with zero attached hydrogens (tertiary/aromatic N) is 3. The second-order valence-electron chi connectivity index (χ2n) is 6.95. The summed E-state index contributed by atoms with van der Waals surface area (Å²) in [6.45, 7) is 0.479. The number of fused-ring (bicyclic) bond motifs is 1. The van der Waals surface area contributed by atoms with Gasteiger partial charge in [0.25, 0.3) is 0 Å². The second kappa shape index (κ2) is 9.14. The van der Waals surface area contributed by atoms with Gasteiger partial charge in [0.05, 0.1) is 31.5 Å². The molecule has 1 aromatic heterocycles. The first kappa shape index (κ1) is 20.2. The Kier molecular flexibility index (Phi) is 5.95. The van der Waals surface area contributed by atoms with Gasteiger partial charge in [-0.2, -0.15) is 5.26 Å². The van der Waals surface area contributed by atoms with Crippen molar-refractivity contribution in [2.24, 2.45) is 0 Å². The highest BCUT2D eigenvalue weighted by Crippen LogP contribution is 2.24. The molecule has 0 aliphatic rings. The molecule has 0 unspecified atom stereocenters. The van der Waals surface area contributed by atoms with Gasteiger partial charge in [0.1, 0.15) is 29.7 Å². The van der Waals surface area contributed by atoms with E-state index in [1.54, 1.807) is 13.3 Å². The fourth-order valence-corrected chi connectivity index (χ4v) is 3.29. The molecule has 6 heteroatoms. The van der Waals surface area contributed by atoms with Gasteiger partial charge >= 0.3 is 0 Å². The number of hydrogen-bond donors (Lipinski definition) is 0. The summed E-state index contributed by atoms with van der Waals surface area (Å²) in [4.78, 5) is 8.72. The SMILES string of the molecule is COc1ccc(COc2ccc(Cc3ccc4ncc(OC)nc4c3C#N)cc2)cc1. The van der Waals surface area contributed by atoms with Crippen LogP contribution in [0.25, 0.3) is 11.0 Å². The van der Waals surface area contributed by atoms with Crippen molar-refractivity contribution in [2.45, 2.75) is 13.0 Å². The van der Waals surface area contributed by atoms with Crippen molar-refractivity contribution < 1.29 is 14.2 Å². The summed E-state index contributed by atoms with van der Waals surface area (Å²) in [6.07, 6.45) is 2.16. The number of benzene rings is 3. The highest BCUT2D eigenvalue weighted by Gasteiger charge is 2.12. The van der Waals surface area contributed by atoms with Crippen LogP contribution >= 0.6 is 0 Å². The van der Waals surface area contributed by atoms with E-state index < -0.39 is 0 Å². The Morgan fingerprint density at radius 1 is 0.839 bits per heavy atom. The minimum absolute atomic E-state index is 0.388. The molecular formula is C25H21N3O3. The van der Waals surface area contributed by atoms with Crippen LogP contribution in [0.3, 0.4) is 0 Å². The van der Waals surface area contributed by atoms with Crippen LogP contribution in [-0.2, 0) is 13.0 Å². The van der Waals surface area contributed by atoms with E-state index in [2.05, 4.69) is 16.0 Å². The Morgan fingerprint density at radius 2 is 1.55 bits per heavy atom. The van der Waals surface area contributed by atoms with Crippen LogP contribution in [0, 0.1) is 11.3 Å². The summed E-state index contributed by atoms with van der Waals surface area (Å²) in [6, 6.07) is 21.8. The van der Waals surface area contributed by atoms with Crippen molar-refractivity contribution >= 4 is 11.0 Å². The van der Waals surface area contributed by atoms with Crippen LogP contribution < -0.4 is 14.2 Å². The lowest BCUT2D eigenvalue weighted by Gasteiger charge is -2.10. The lowest BCUT2D eigenvalue weighted by Crippen LogP contribution is -1.99. The molecule has 0 amide bonds. The normalized spacial score (nSPS) is 10.5. The van der Waals surface area contributed by atoms with E-state index in [-0.39, 0.29) is 0 Å². The maximum atomic E-state index is 9.73. The van der Waals surface area contributed by atoms with E-state index in [9.17, 15) is 5.26 Å². The Bertz CT molecular complexity index is 1230. The van der Waals surface area contributed by atoms with Crippen molar-refractivity contribution in [3.05, 3.63) is 89.1 Å². The zero-order chi connectivity index (χ0) is 21.6. The molecule has 4 rings (SSSR count). The monoisotopic (exact) mass is 411 g/mol. The topological polar surface area (TPSA) is 77.3 Å². The highest BCUT2D eigenvalue weighted by molar-refractivity contribution is 5.82. The zero-order valence-electron chi connectivity index (χ0n) is 17.3. The molecule has 0 aliphatic carbocycles. The number of ether oxygens (including phenoxy) is 3. The fraction of sp³-hybridized carbons (Fsp3) is 0.160. The predicted octanol–water partition coefficient (Wildman–Crippen LogP) is 4.69. The predicted molar refractivity (Wildman–Crippen MR) is 117 cm³/mol. The number of aromatic nitrogens is 2. The highest BCUT2D eigenvalue weighted by atomic mass is 16.5. The molecule has 0 aliphatic heterocycles. The van der Waals surface area contributed by atoms with E-state index in [1.165, 1.54) is 7.11 Å². The first-order valence-electron chi connectivity index (χ1n) is 9.77. The lowest BCUT2D eigenvalue weighted by atomic mass is 9.99. The number of rotatable bonds is 7. The molecule has 6 nitrogen and oxygen atoms in total. The molecule has 0 saturated heterocycles. The van der Waals surface area contributed by atoms with E-state index in [0.717, 1.165) is 28.2 Å². The Balaban J connectivity index is 1.48. The van der Waals surface area contributed by atoms with Crippen LogP contribution in [0.4, 0.5) is 0 Å². The van der Waals surface area contributed by atoms with Crippen LogP contribution in [0.2, 0.25) is 0 Å². The maximum Gasteiger partial charge on any atom is 0.232 e. The average Bonchev–Trinajstić information content (AvgIpc) is 2.83. The van der Waals surface area contributed by atoms with Gasteiger partial charge in [-0.15, -0.1) is 0 Å². The van der Waals surface area contributed by atoms with Gasteiger partial charge in [0.15, 0.2) is 0 Å². The summed E-state index contributed by atoms with van der Waals surface area (Å²) in [5, 5.41) is 9.73. The van der Waals surface area contributed by atoms with E-state index in [4.69, 9.17) is 14.2 Å². The van der Waals surface area contributed by atoms with Crippen LogP contribution in [0.5, 0.6) is 17.4 Å². The largest absolute Gasteiger partial charge is 0.497 e. The third-order valence-corrected chi connectivity index (χ3v) is 4.98. The maximum absolute atomic E-state index is 9.73. The Labute approximate surface area is 180 Å². The zero-order valence-corrected chi connectivity index (χ0v) is 17.3. The van der Waals surface area contributed by atoms with E-state index in [0.29, 0.717) is 35.5 Å². The molecule has 0 atom stereocenters. The molecule has 0 N–H and O–H groups in total. The lowest BCUT2D eigenvalue weighted by molar-refractivity contribution is 0.306. The summed E-state index contributed by atoms with van der Waals surface area (Å²) in [5.41, 5.74) is 4.77. The molecule has 0 spiro atoms. The minimum Gasteiger partial charge on any atom is -0.497 e. The Hall–Kier alpha value is -4.11. The van der Waals surface area contributed by atoms with Gasteiger partial charge in [-0.3, -0.25) is 0 Å². The molecule has 3 aromatic carbocycles. The standard InChI is InChI=1S/C25H21N3O3/c1-29-20-8-5-18(6-9-20)16-31-21-10-3-17(4-11-21)13-19-7-12-23-25(22(19)14-26)28-24(30-2)15-27-23/h3-12,15H,13,16H2,1-2H3. The quantitative estimate of drug-likeness (QED) is 0.439. The van der Waals surface area contributed by atoms with Crippen molar-refractivity contribution in [3.63, 3.8) is 0 Å². The van der Waals surface area contributed by atoms with Crippen molar-refractivity contribution in [3.8, 4) is 23.4 Å². The van der Waals surface area contributed by atoms with Gasteiger partial charge in [0.2, 0.25) is 5.88 Å². The third kappa shape index (κ3) is 4.57. The molecular weight excluding hydrogens is 390 g/mol.